The van der Waals surface area contributed by atoms with E-state index in [-0.39, 0.29) is 11.8 Å². The quantitative estimate of drug-likeness (QED) is 0.425. The maximum atomic E-state index is 13.5. The third-order valence-corrected chi connectivity index (χ3v) is 6.18. The van der Waals surface area contributed by atoms with E-state index in [0.717, 1.165) is 10.5 Å². The van der Waals surface area contributed by atoms with Crippen LogP contribution < -0.4 is 9.64 Å². The molecular formula is C25H20ClNO3S. The smallest absolute Gasteiger partial charge is 0.272 e. The molecule has 0 atom stereocenters. The van der Waals surface area contributed by atoms with Crippen LogP contribution in [-0.4, -0.2) is 18.4 Å². The number of rotatable bonds is 6. The summed E-state index contributed by atoms with van der Waals surface area (Å²) in [5.74, 6) is 0.0254. The summed E-state index contributed by atoms with van der Waals surface area (Å²) in [4.78, 5) is 29.5. The maximum Gasteiger partial charge on any atom is 0.272 e. The first-order valence-electron chi connectivity index (χ1n) is 9.85. The molecule has 4 rings (SSSR count). The minimum Gasteiger partial charge on any atom is -0.494 e. The Bertz CT molecular complexity index is 1170. The van der Waals surface area contributed by atoms with Gasteiger partial charge in [-0.2, -0.15) is 0 Å². The molecule has 0 unspecified atom stereocenters. The number of anilines is 1. The van der Waals surface area contributed by atoms with Crippen LogP contribution in [-0.2, 0) is 9.59 Å². The normalized spacial score (nSPS) is 13.8. The van der Waals surface area contributed by atoms with Crippen molar-refractivity contribution < 1.29 is 14.3 Å². The molecule has 0 spiro atoms. The van der Waals surface area contributed by atoms with E-state index >= 15 is 0 Å². The fourth-order valence-electron chi connectivity index (χ4n) is 3.44. The van der Waals surface area contributed by atoms with Gasteiger partial charge < -0.3 is 4.74 Å². The Balaban J connectivity index is 1.80. The van der Waals surface area contributed by atoms with Crippen molar-refractivity contribution in [3.05, 3.63) is 93.9 Å². The van der Waals surface area contributed by atoms with Crippen LogP contribution in [0.2, 0.25) is 5.02 Å². The van der Waals surface area contributed by atoms with Gasteiger partial charge in [-0.25, -0.2) is 4.90 Å². The number of amides is 2. The highest BCUT2D eigenvalue weighted by Gasteiger charge is 2.41. The zero-order valence-corrected chi connectivity index (χ0v) is 18.7. The molecule has 0 saturated heterocycles. The van der Waals surface area contributed by atoms with Crippen LogP contribution >= 0.6 is 23.4 Å². The number of carbonyl (C=O) groups is 2. The van der Waals surface area contributed by atoms with Crippen LogP contribution in [0.4, 0.5) is 5.69 Å². The summed E-state index contributed by atoms with van der Waals surface area (Å²) in [5, 5.41) is 0.555. The van der Waals surface area contributed by atoms with E-state index in [9.17, 15) is 9.59 Å². The predicted octanol–water partition coefficient (Wildman–Crippen LogP) is 6.12. The molecule has 1 heterocycles. The van der Waals surface area contributed by atoms with Crippen molar-refractivity contribution in [2.75, 3.05) is 11.5 Å². The Morgan fingerprint density at radius 3 is 2.29 bits per heavy atom. The standard InChI is InChI=1S/C25H20ClNO3S/c1-3-30-19-12-9-17(10-13-19)22-23(31-20-7-5-4-6-8-20)25(29)27(24(22)28)21-14-11-18(26)15-16(21)2/h4-15H,3H2,1-2H3. The molecule has 0 N–H and O–H groups in total. The molecule has 0 aromatic heterocycles. The lowest BCUT2D eigenvalue weighted by atomic mass is 10.1. The molecule has 0 aliphatic carbocycles. The molecule has 1 aliphatic rings. The lowest BCUT2D eigenvalue weighted by Gasteiger charge is -2.18. The van der Waals surface area contributed by atoms with Crippen molar-refractivity contribution in [3.8, 4) is 5.75 Å². The van der Waals surface area contributed by atoms with Gasteiger partial charge in [0.25, 0.3) is 11.8 Å². The number of ether oxygens (including phenoxy) is 1. The SMILES string of the molecule is CCOc1ccc(C2=C(Sc3ccccc3)C(=O)N(c3ccc(Cl)cc3C)C2=O)cc1. The first-order chi connectivity index (χ1) is 15.0. The Morgan fingerprint density at radius 2 is 1.65 bits per heavy atom. The minimum atomic E-state index is -0.349. The second-order valence-electron chi connectivity index (χ2n) is 6.95. The van der Waals surface area contributed by atoms with E-state index in [1.807, 2.05) is 68.4 Å². The zero-order chi connectivity index (χ0) is 22.0. The highest BCUT2D eigenvalue weighted by molar-refractivity contribution is 8.04. The zero-order valence-electron chi connectivity index (χ0n) is 17.1. The molecule has 3 aromatic rings. The van der Waals surface area contributed by atoms with E-state index in [4.69, 9.17) is 16.3 Å². The summed E-state index contributed by atoms with van der Waals surface area (Å²) in [5.41, 5.74) is 2.35. The minimum absolute atomic E-state index is 0.340. The van der Waals surface area contributed by atoms with Crippen molar-refractivity contribution in [3.63, 3.8) is 0 Å². The average molecular weight is 450 g/mol. The van der Waals surface area contributed by atoms with Gasteiger partial charge in [-0.15, -0.1) is 0 Å². The Morgan fingerprint density at radius 1 is 0.935 bits per heavy atom. The van der Waals surface area contributed by atoms with Crippen molar-refractivity contribution in [2.24, 2.45) is 0 Å². The third-order valence-electron chi connectivity index (χ3n) is 4.86. The van der Waals surface area contributed by atoms with Crippen LogP contribution in [0.3, 0.4) is 0 Å². The highest BCUT2D eigenvalue weighted by Crippen LogP contribution is 2.42. The molecule has 3 aromatic carbocycles. The van der Waals surface area contributed by atoms with Crippen LogP contribution in [0.25, 0.3) is 5.57 Å². The number of aryl methyl sites for hydroxylation is 1. The molecule has 0 saturated carbocycles. The number of halogens is 1. The number of benzene rings is 3. The van der Waals surface area contributed by atoms with Gasteiger partial charge in [-0.3, -0.25) is 9.59 Å². The van der Waals surface area contributed by atoms with Crippen LogP contribution in [0, 0.1) is 6.92 Å². The fraction of sp³-hybridized carbons (Fsp3) is 0.120. The summed E-state index contributed by atoms with van der Waals surface area (Å²) in [6, 6.07) is 21.9. The van der Waals surface area contributed by atoms with E-state index in [0.29, 0.717) is 39.1 Å². The van der Waals surface area contributed by atoms with Gasteiger partial charge in [0.05, 0.1) is 22.8 Å². The number of imide groups is 1. The Labute approximate surface area is 190 Å². The number of hydrogen-bond acceptors (Lipinski definition) is 4. The lowest BCUT2D eigenvalue weighted by Crippen LogP contribution is -2.31. The summed E-state index contributed by atoms with van der Waals surface area (Å²) < 4.78 is 5.52. The molecule has 2 amide bonds. The van der Waals surface area contributed by atoms with Crippen LogP contribution in [0.5, 0.6) is 5.75 Å². The monoisotopic (exact) mass is 449 g/mol. The lowest BCUT2D eigenvalue weighted by molar-refractivity contribution is -0.119. The average Bonchev–Trinajstić information content (AvgIpc) is 3.00. The first-order valence-corrected chi connectivity index (χ1v) is 11.0. The van der Waals surface area contributed by atoms with Gasteiger partial charge in [-0.1, -0.05) is 53.7 Å². The second kappa shape index (κ2) is 9.00. The number of nitrogens with zero attached hydrogens (tertiary/aromatic N) is 1. The molecule has 0 bridgehead atoms. The van der Waals surface area contributed by atoms with Gasteiger partial charge >= 0.3 is 0 Å². The van der Waals surface area contributed by atoms with Crippen molar-refractivity contribution in [2.45, 2.75) is 18.7 Å². The van der Waals surface area contributed by atoms with Crippen molar-refractivity contribution in [1.29, 1.82) is 0 Å². The summed E-state index contributed by atoms with van der Waals surface area (Å²) in [7, 11) is 0. The number of thioether (sulfide) groups is 1. The molecule has 6 heteroatoms. The van der Waals surface area contributed by atoms with Crippen molar-refractivity contribution in [1.82, 2.24) is 0 Å². The maximum absolute atomic E-state index is 13.5. The van der Waals surface area contributed by atoms with E-state index in [2.05, 4.69) is 0 Å². The summed E-state index contributed by atoms with van der Waals surface area (Å²) in [6.45, 7) is 4.30. The van der Waals surface area contributed by atoms with Gasteiger partial charge in [0.15, 0.2) is 0 Å². The third kappa shape index (κ3) is 4.24. The van der Waals surface area contributed by atoms with Crippen LogP contribution in [0.1, 0.15) is 18.1 Å². The Kier molecular flexibility index (Phi) is 6.16. The van der Waals surface area contributed by atoms with E-state index in [1.165, 1.54) is 16.7 Å². The van der Waals surface area contributed by atoms with Gasteiger partial charge in [-0.05, 0) is 67.4 Å². The molecule has 0 fully saturated rings. The second-order valence-corrected chi connectivity index (χ2v) is 8.47. The predicted molar refractivity (Wildman–Crippen MR) is 126 cm³/mol. The first kappa shape index (κ1) is 21.2. The van der Waals surface area contributed by atoms with Gasteiger partial charge in [0.1, 0.15) is 5.75 Å². The van der Waals surface area contributed by atoms with E-state index < -0.39 is 0 Å². The van der Waals surface area contributed by atoms with Crippen LogP contribution in [0.15, 0.2) is 82.6 Å². The van der Waals surface area contributed by atoms with Crippen molar-refractivity contribution >= 4 is 46.4 Å². The number of carbonyl (C=O) groups excluding carboxylic acids is 2. The molecule has 0 radical (unpaired) electrons. The molecule has 1 aliphatic heterocycles. The molecule has 31 heavy (non-hydrogen) atoms. The summed E-state index contributed by atoms with van der Waals surface area (Å²) >= 11 is 7.38. The van der Waals surface area contributed by atoms with E-state index in [1.54, 1.807) is 18.2 Å². The molecular weight excluding hydrogens is 430 g/mol. The fourth-order valence-corrected chi connectivity index (χ4v) is 4.68. The number of hydrogen-bond donors (Lipinski definition) is 0. The van der Waals surface area contributed by atoms with Gasteiger partial charge in [0, 0.05) is 9.92 Å². The highest BCUT2D eigenvalue weighted by atomic mass is 35.5. The molecule has 4 nitrogen and oxygen atoms in total. The largest absolute Gasteiger partial charge is 0.494 e. The Hall–Kier alpha value is -3.02. The summed E-state index contributed by atoms with van der Waals surface area (Å²) in [6.07, 6.45) is 0. The molecule has 156 valence electrons. The van der Waals surface area contributed by atoms with Gasteiger partial charge in [0.2, 0.25) is 0 Å². The topological polar surface area (TPSA) is 46.6 Å².